The molecule has 0 amide bonds. The molecule has 20 heavy (non-hydrogen) atoms. The zero-order valence-electron chi connectivity index (χ0n) is 10.8. The van der Waals surface area contributed by atoms with Crippen molar-refractivity contribution in [3.05, 3.63) is 55.7 Å². The van der Waals surface area contributed by atoms with Crippen molar-refractivity contribution in [2.45, 2.75) is 19.9 Å². The van der Waals surface area contributed by atoms with E-state index in [1.165, 1.54) is 0 Å². The van der Waals surface area contributed by atoms with Crippen molar-refractivity contribution in [1.29, 1.82) is 0 Å². The van der Waals surface area contributed by atoms with E-state index in [0.29, 0.717) is 25.9 Å². The Morgan fingerprint density at radius 1 is 1.10 bits per heavy atom. The molecular formula is C14H12Cl4N2. The SMILES string of the molecule is Cc1nc(Cl)cc(N[C@H](C)c2ccc(Cl)cc2Cl)c1Cl. The van der Waals surface area contributed by atoms with Gasteiger partial charge in [0.2, 0.25) is 0 Å². The fraction of sp³-hybridized carbons (Fsp3) is 0.214. The van der Waals surface area contributed by atoms with Gasteiger partial charge in [-0.25, -0.2) is 4.98 Å². The number of benzene rings is 1. The molecule has 0 saturated carbocycles. The number of anilines is 1. The van der Waals surface area contributed by atoms with Gasteiger partial charge in [-0.2, -0.15) is 0 Å². The number of hydrogen-bond acceptors (Lipinski definition) is 2. The summed E-state index contributed by atoms with van der Waals surface area (Å²) in [5.74, 6) is 0. The molecule has 0 fully saturated rings. The van der Waals surface area contributed by atoms with Gasteiger partial charge >= 0.3 is 0 Å². The van der Waals surface area contributed by atoms with Crippen LogP contribution in [0.5, 0.6) is 0 Å². The Morgan fingerprint density at radius 2 is 1.80 bits per heavy atom. The van der Waals surface area contributed by atoms with Crippen molar-refractivity contribution in [2.24, 2.45) is 0 Å². The number of aryl methyl sites for hydroxylation is 1. The quantitative estimate of drug-likeness (QED) is 0.669. The molecule has 0 unspecified atom stereocenters. The van der Waals surface area contributed by atoms with Gasteiger partial charge in [0.1, 0.15) is 5.15 Å². The zero-order chi connectivity index (χ0) is 14.9. The van der Waals surface area contributed by atoms with Crippen LogP contribution in [0.25, 0.3) is 0 Å². The number of aromatic nitrogens is 1. The molecule has 0 aliphatic heterocycles. The van der Waals surface area contributed by atoms with Crippen LogP contribution in [0.4, 0.5) is 5.69 Å². The van der Waals surface area contributed by atoms with Gasteiger partial charge in [-0.05, 0) is 31.5 Å². The highest BCUT2D eigenvalue weighted by Gasteiger charge is 2.13. The van der Waals surface area contributed by atoms with Crippen LogP contribution < -0.4 is 5.32 Å². The van der Waals surface area contributed by atoms with Gasteiger partial charge in [0.15, 0.2) is 0 Å². The first-order chi connectivity index (χ1) is 9.38. The molecule has 0 saturated heterocycles. The van der Waals surface area contributed by atoms with Crippen molar-refractivity contribution in [3.63, 3.8) is 0 Å². The van der Waals surface area contributed by atoms with E-state index in [-0.39, 0.29) is 6.04 Å². The van der Waals surface area contributed by atoms with Crippen molar-refractivity contribution in [1.82, 2.24) is 4.98 Å². The average Bonchev–Trinajstić information content (AvgIpc) is 2.35. The first kappa shape index (κ1) is 15.7. The second-order valence-electron chi connectivity index (χ2n) is 4.42. The second-order valence-corrected chi connectivity index (χ2v) is 6.03. The third-order valence-corrected chi connectivity index (χ3v) is 4.13. The van der Waals surface area contributed by atoms with Crippen LogP contribution >= 0.6 is 46.4 Å². The fourth-order valence-electron chi connectivity index (χ4n) is 1.89. The van der Waals surface area contributed by atoms with Crippen molar-refractivity contribution in [3.8, 4) is 0 Å². The van der Waals surface area contributed by atoms with Crippen LogP contribution in [0.1, 0.15) is 24.2 Å². The highest BCUT2D eigenvalue weighted by molar-refractivity contribution is 6.35. The second kappa shape index (κ2) is 6.40. The van der Waals surface area contributed by atoms with Crippen LogP contribution in [0, 0.1) is 6.92 Å². The molecule has 1 N–H and O–H groups in total. The minimum atomic E-state index is -0.0462. The molecule has 1 aromatic heterocycles. The Hall–Kier alpha value is -0.670. The summed E-state index contributed by atoms with van der Waals surface area (Å²) in [6, 6.07) is 7.04. The summed E-state index contributed by atoms with van der Waals surface area (Å²) in [4.78, 5) is 4.09. The van der Waals surface area contributed by atoms with E-state index in [4.69, 9.17) is 46.4 Å². The van der Waals surface area contributed by atoms with Crippen molar-refractivity contribution in [2.75, 3.05) is 5.32 Å². The summed E-state index contributed by atoms with van der Waals surface area (Å²) in [5.41, 5.74) is 2.33. The summed E-state index contributed by atoms with van der Waals surface area (Å²) in [6.07, 6.45) is 0. The van der Waals surface area contributed by atoms with E-state index in [1.54, 1.807) is 25.1 Å². The maximum atomic E-state index is 6.22. The Balaban J connectivity index is 2.30. The summed E-state index contributed by atoms with van der Waals surface area (Å²) >= 11 is 24.3. The van der Waals surface area contributed by atoms with E-state index in [2.05, 4.69) is 10.3 Å². The number of halogens is 4. The Kier molecular flexibility index (Phi) is 5.03. The third kappa shape index (κ3) is 3.50. The summed E-state index contributed by atoms with van der Waals surface area (Å²) < 4.78 is 0. The predicted molar refractivity (Wildman–Crippen MR) is 87.5 cm³/mol. The number of nitrogens with one attached hydrogen (secondary N) is 1. The lowest BCUT2D eigenvalue weighted by molar-refractivity contribution is 0.883. The van der Waals surface area contributed by atoms with Crippen LogP contribution in [0.15, 0.2) is 24.3 Å². The number of pyridine rings is 1. The van der Waals surface area contributed by atoms with Gasteiger partial charge in [-0.15, -0.1) is 0 Å². The summed E-state index contributed by atoms with van der Waals surface area (Å²) in [5, 5.41) is 5.43. The predicted octanol–water partition coefficient (Wildman–Crippen LogP) is 6.18. The Morgan fingerprint density at radius 3 is 2.45 bits per heavy atom. The number of nitrogens with zero attached hydrogens (tertiary/aromatic N) is 1. The highest BCUT2D eigenvalue weighted by atomic mass is 35.5. The molecule has 1 aromatic carbocycles. The van der Waals surface area contributed by atoms with Crippen molar-refractivity contribution < 1.29 is 0 Å². The molecular weight excluding hydrogens is 338 g/mol. The van der Waals surface area contributed by atoms with E-state index < -0.39 is 0 Å². The van der Waals surface area contributed by atoms with E-state index in [9.17, 15) is 0 Å². The van der Waals surface area contributed by atoms with E-state index in [1.807, 2.05) is 13.0 Å². The smallest absolute Gasteiger partial charge is 0.131 e. The van der Waals surface area contributed by atoms with E-state index >= 15 is 0 Å². The van der Waals surface area contributed by atoms with Crippen molar-refractivity contribution >= 4 is 52.1 Å². The maximum Gasteiger partial charge on any atom is 0.131 e. The zero-order valence-corrected chi connectivity index (χ0v) is 13.9. The van der Waals surface area contributed by atoms with Gasteiger partial charge in [-0.3, -0.25) is 0 Å². The molecule has 1 heterocycles. The number of hydrogen-bond donors (Lipinski definition) is 1. The molecule has 6 heteroatoms. The normalized spacial score (nSPS) is 12.3. The van der Waals surface area contributed by atoms with Crippen LogP contribution in [-0.4, -0.2) is 4.98 Å². The minimum absolute atomic E-state index is 0.0462. The van der Waals surface area contributed by atoms with Gasteiger partial charge < -0.3 is 5.32 Å². The van der Waals surface area contributed by atoms with E-state index in [0.717, 1.165) is 11.3 Å². The first-order valence-electron chi connectivity index (χ1n) is 5.92. The molecule has 2 rings (SSSR count). The monoisotopic (exact) mass is 348 g/mol. The lowest BCUT2D eigenvalue weighted by Crippen LogP contribution is -2.08. The molecule has 0 spiro atoms. The first-order valence-corrected chi connectivity index (χ1v) is 7.44. The molecule has 1 atom stereocenters. The largest absolute Gasteiger partial charge is 0.377 e. The number of rotatable bonds is 3. The molecule has 0 radical (unpaired) electrons. The molecule has 0 aliphatic carbocycles. The standard InChI is InChI=1S/C14H12Cl4N2/c1-7(10-4-3-9(15)5-11(10)16)19-12-6-13(17)20-8(2)14(12)18/h3-7H,1-2H3,(H,19,20)/t7-/m1/s1. The molecule has 2 aromatic rings. The van der Waals surface area contributed by atoms with Crippen LogP contribution in [0.2, 0.25) is 20.2 Å². The lowest BCUT2D eigenvalue weighted by atomic mass is 10.1. The van der Waals surface area contributed by atoms with Gasteiger partial charge in [0.25, 0.3) is 0 Å². The maximum absolute atomic E-state index is 6.22. The summed E-state index contributed by atoms with van der Waals surface area (Å²) in [6.45, 7) is 3.79. The molecule has 0 aliphatic rings. The highest BCUT2D eigenvalue weighted by Crippen LogP contribution is 2.33. The molecule has 106 valence electrons. The molecule has 2 nitrogen and oxygen atoms in total. The topological polar surface area (TPSA) is 24.9 Å². The van der Waals surface area contributed by atoms with Gasteiger partial charge in [-0.1, -0.05) is 52.5 Å². The van der Waals surface area contributed by atoms with Gasteiger partial charge in [0, 0.05) is 16.1 Å². The Bertz CT molecular complexity index is 643. The van der Waals surface area contributed by atoms with Gasteiger partial charge in [0.05, 0.1) is 22.4 Å². The molecule has 0 bridgehead atoms. The average molecular weight is 350 g/mol. The van der Waals surface area contributed by atoms with Crippen LogP contribution in [-0.2, 0) is 0 Å². The Labute approximate surface area is 138 Å². The fourth-order valence-corrected chi connectivity index (χ4v) is 2.85. The minimum Gasteiger partial charge on any atom is -0.377 e. The summed E-state index contributed by atoms with van der Waals surface area (Å²) in [7, 11) is 0. The lowest BCUT2D eigenvalue weighted by Gasteiger charge is -2.19. The van der Waals surface area contributed by atoms with Crippen LogP contribution in [0.3, 0.4) is 0 Å². The third-order valence-electron chi connectivity index (χ3n) is 2.89.